The maximum atomic E-state index is 12.1. The zero-order chi connectivity index (χ0) is 18.4. The van der Waals surface area contributed by atoms with Crippen molar-refractivity contribution < 1.29 is 14.3 Å². The lowest BCUT2D eigenvalue weighted by Crippen LogP contribution is -2.27. The van der Waals surface area contributed by atoms with Crippen molar-refractivity contribution in [2.75, 3.05) is 18.5 Å². The van der Waals surface area contributed by atoms with Crippen molar-refractivity contribution in [1.82, 2.24) is 10.3 Å². The molecular weight excluding hydrogens is 350 g/mol. The molecule has 0 saturated heterocycles. The third kappa shape index (κ3) is 4.58. The average molecular weight is 369 g/mol. The molecular formula is C19H19N3O3S. The molecule has 2 aromatic carbocycles. The topological polar surface area (TPSA) is 80.3 Å². The highest BCUT2D eigenvalue weighted by atomic mass is 32.1. The number of nitrogens with one attached hydrogen (secondary N) is 2. The fourth-order valence-electron chi connectivity index (χ4n) is 2.38. The number of hydrogen-bond acceptors (Lipinski definition) is 5. The van der Waals surface area contributed by atoms with Crippen LogP contribution >= 0.6 is 11.3 Å². The van der Waals surface area contributed by atoms with E-state index < -0.39 is 0 Å². The van der Waals surface area contributed by atoms with Gasteiger partial charge in [0.25, 0.3) is 5.91 Å². The molecule has 1 aromatic heterocycles. The third-order valence-corrected chi connectivity index (χ3v) is 4.52. The molecule has 0 aliphatic heterocycles. The van der Waals surface area contributed by atoms with Crippen molar-refractivity contribution in [3.05, 3.63) is 54.1 Å². The second-order valence-corrected chi connectivity index (χ2v) is 6.53. The third-order valence-electron chi connectivity index (χ3n) is 3.59. The molecule has 0 unspecified atom stereocenters. The highest BCUT2D eigenvalue weighted by Crippen LogP contribution is 2.29. The van der Waals surface area contributed by atoms with E-state index in [2.05, 4.69) is 15.6 Å². The molecule has 1 heterocycles. The first-order chi connectivity index (χ1) is 12.7. The number of thiazole rings is 1. The van der Waals surface area contributed by atoms with Crippen LogP contribution in [0, 0.1) is 0 Å². The van der Waals surface area contributed by atoms with Crippen LogP contribution < -0.4 is 15.4 Å². The molecule has 0 spiro atoms. The van der Waals surface area contributed by atoms with Gasteiger partial charge in [-0.15, -0.1) is 0 Å². The minimum atomic E-state index is -0.193. The van der Waals surface area contributed by atoms with Gasteiger partial charge in [-0.25, -0.2) is 4.98 Å². The van der Waals surface area contributed by atoms with E-state index in [0.717, 1.165) is 16.0 Å². The normalized spacial score (nSPS) is 10.5. The maximum Gasteiger partial charge on any atom is 0.251 e. The van der Waals surface area contributed by atoms with Gasteiger partial charge in [-0.1, -0.05) is 29.5 Å². The molecule has 3 rings (SSSR count). The second-order valence-electron chi connectivity index (χ2n) is 5.50. The summed E-state index contributed by atoms with van der Waals surface area (Å²) in [5.41, 5.74) is 1.38. The predicted octanol–water partition coefficient (Wildman–Crippen LogP) is 3.45. The highest BCUT2D eigenvalue weighted by molar-refractivity contribution is 7.22. The molecule has 0 bridgehead atoms. The van der Waals surface area contributed by atoms with Crippen LogP contribution in [-0.2, 0) is 4.79 Å². The molecule has 0 saturated carbocycles. The van der Waals surface area contributed by atoms with Gasteiger partial charge in [-0.3, -0.25) is 9.59 Å². The lowest BCUT2D eigenvalue weighted by atomic mass is 10.2. The molecule has 0 aliphatic rings. The first-order valence-corrected chi connectivity index (χ1v) is 9.14. The van der Waals surface area contributed by atoms with Gasteiger partial charge in [0.15, 0.2) is 5.13 Å². The summed E-state index contributed by atoms with van der Waals surface area (Å²) in [6.07, 6.45) is 0.179. The number of carbonyl (C=O) groups is 2. The number of rotatable bonds is 7. The average Bonchev–Trinajstić information content (AvgIpc) is 3.04. The highest BCUT2D eigenvalue weighted by Gasteiger charge is 2.10. The number of hydrogen-bond donors (Lipinski definition) is 2. The van der Waals surface area contributed by atoms with E-state index in [9.17, 15) is 9.59 Å². The van der Waals surface area contributed by atoms with Crippen LogP contribution in [0.5, 0.6) is 5.75 Å². The summed E-state index contributed by atoms with van der Waals surface area (Å²) in [7, 11) is 0. The van der Waals surface area contributed by atoms with Crippen LogP contribution in [0.3, 0.4) is 0 Å². The molecule has 0 aliphatic carbocycles. The Bertz CT molecular complexity index is 909. The van der Waals surface area contributed by atoms with E-state index in [1.165, 1.54) is 11.3 Å². The molecule has 0 atom stereocenters. The van der Waals surface area contributed by atoms with E-state index >= 15 is 0 Å². The minimum absolute atomic E-state index is 0.179. The fraction of sp³-hybridized carbons (Fsp3) is 0.211. The number of aromatic nitrogens is 1. The molecule has 7 heteroatoms. The van der Waals surface area contributed by atoms with Gasteiger partial charge in [-0.2, -0.15) is 0 Å². The molecule has 26 heavy (non-hydrogen) atoms. The summed E-state index contributed by atoms with van der Waals surface area (Å²) in [5, 5.41) is 6.04. The Hall–Kier alpha value is -2.93. The summed E-state index contributed by atoms with van der Waals surface area (Å²) >= 11 is 1.39. The molecule has 0 radical (unpaired) electrons. The molecule has 6 nitrogen and oxygen atoms in total. The van der Waals surface area contributed by atoms with E-state index in [1.807, 2.05) is 31.2 Å². The quantitative estimate of drug-likeness (QED) is 0.668. The first-order valence-electron chi connectivity index (χ1n) is 8.32. The van der Waals surface area contributed by atoms with Crippen LogP contribution in [-0.4, -0.2) is 29.9 Å². The van der Waals surface area contributed by atoms with Crippen LogP contribution in [0.15, 0.2) is 48.5 Å². The van der Waals surface area contributed by atoms with E-state index in [-0.39, 0.29) is 24.8 Å². The Morgan fingerprint density at radius 1 is 1.15 bits per heavy atom. The summed E-state index contributed by atoms with van der Waals surface area (Å²) < 4.78 is 6.42. The largest absolute Gasteiger partial charge is 0.494 e. The monoisotopic (exact) mass is 369 g/mol. The van der Waals surface area contributed by atoms with Crippen LogP contribution in [0.4, 0.5) is 5.13 Å². The lowest BCUT2D eigenvalue weighted by molar-refractivity contribution is -0.116. The Morgan fingerprint density at radius 3 is 2.73 bits per heavy atom. The zero-order valence-corrected chi connectivity index (χ0v) is 15.1. The van der Waals surface area contributed by atoms with Crippen LogP contribution in [0.1, 0.15) is 23.7 Å². The molecule has 2 N–H and O–H groups in total. The van der Waals surface area contributed by atoms with Crippen molar-refractivity contribution in [2.45, 2.75) is 13.3 Å². The number of anilines is 1. The van der Waals surface area contributed by atoms with E-state index in [4.69, 9.17) is 4.74 Å². The number of benzene rings is 2. The van der Waals surface area contributed by atoms with Gasteiger partial charge in [0.1, 0.15) is 5.75 Å². The Balaban J connectivity index is 1.51. The molecule has 134 valence electrons. The Morgan fingerprint density at radius 2 is 1.96 bits per heavy atom. The van der Waals surface area contributed by atoms with Crippen LogP contribution in [0.25, 0.3) is 10.2 Å². The Kier molecular flexibility index (Phi) is 5.80. The Labute approximate surface area is 155 Å². The first kappa shape index (κ1) is 17.9. The standard InChI is InChI=1S/C19H19N3O3S/c1-2-25-14-8-9-15-16(12-14)26-19(21-15)22-17(23)10-11-20-18(24)13-6-4-3-5-7-13/h3-9,12H,2,10-11H2,1H3,(H,20,24)(H,21,22,23). The van der Waals surface area contributed by atoms with Gasteiger partial charge in [0.2, 0.25) is 5.91 Å². The minimum Gasteiger partial charge on any atom is -0.494 e. The predicted molar refractivity (Wildman–Crippen MR) is 103 cm³/mol. The number of carbonyl (C=O) groups excluding carboxylic acids is 2. The smallest absolute Gasteiger partial charge is 0.251 e. The summed E-state index contributed by atoms with van der Waals surface area (Å²) in [5.74, 6) is 0.398. The van der Waals surface area contributed by atoms with Gasteiger partial charge < -0.3 is 15.4 Å². The number of nitrogens with zero attached hydrogens (tertiary/aromatic N) is 1. The number of fused-ring (bicyclic) bond motifs is 1. The second kappa shape index (κ2) is 8.44. The van der Waals surface area contributed by atoms with Gasteiger partial charge >= 0.3 is 0 Å². The summed E-state index contributed by atoms with van der Waals surface area (Å²) in [6.45, 7) is 2.79. The molecule has 2 amide bonds. The van der Waals surface area contributed by atoms with Crippen molar-refractivity contribution >= 4 is 38.5 Å². The summed E-state index contributed by atoms with van der Waals surface area (Å²) in [6, 6.07) is 14.5. The van der Waals surface area contributed by atoms with Crippen LogP contribution in [0.2, 0.25) is 0 Å². The lowest BCUT2D eigenvalue weighted by Gasteiger charge is -2.05. The summed E-state index contributed by atoms with van der Waals surface area (Å²) in [4.78, 5) is 28.4. The van der Waals surface area contributed by atoms with Crippen molar-refractivity contribution in [3.63, 3.8) is 0 Å². The molecule has 0 fully saturated rings. The molecule has 3 aromatic rings. The van der Waals surface area contributed by atoms with Gasteiger partial charge in [0, 0.05) is 18.5 Å². The van der Waals surface area contributed by atoms with Crippen molar-refractivity contribution in [3.8, 4) is 5.75 Å². The van der Waals surface area contributed by atoms with E-state index in [1.54, 1.807) is 24.3 Å². The SMILES string of the molecule is CCOc1ccc2nc(NC(=O)CCNC(=O)c3ccccc3)sc2c1. The van der Waals surface area contributed by atoms with Gasteiger partial charge in [0.05, 0.1) is 16.8 Å². The van der Waals surface area contributed by atoms with Gasteiger partial charge in [-0.05, 0) is 37.3 Å². The maximum absolute atomic E-state index is 12.1. The van der Waals surface area contributed by atoms with Crippen molar-refractivity contribution in [1.29, 1.82) is 0 Å². The van der Waals surface area contributed by atoms with E-state index in [0.29, 0.717) is 17.3 Å². The van der Waals surface area contributed by atoms with Crippen molar-refractivity contribution in [2.24, 2.45) is 0 Å². The zero-order valence-electron chi connectivity index (χ0n) is 14.3. The number of ether oxygens (including phenoxy) is 1. The number of amides is 2. The fourth-order valence-corrected chi connectivity index (χ4v) is 3.29.